The highest BCUT2D eigenvalue weighted by atomic mass is 32.2. The van der Waals surface area contributed by atoms with Gasteiger partial charge in [-0.1, -0.05) is 6.58 Å². The molecule has 50 valence electrons. The van der Waals surface area contributed by atoms with Crippen molar-refractivity contribution in [1.29, 1.82) is 0 Å². The van der Waals surface area contributed by atoms with Crippen LogP contribution in [-0.4, -0.2) is 16.2 Å². The molecule has 0 aliphatic carbocycles. The average molecular weight is 146 g/mol. The molecule has 0 atom stereocenters. The Balaban J connectivity index is 3.79. The van der Waals surface area contributed by atoms with Gasteiger partial charge in [0.1, 0.15) is 0 Å². The number of aliphatic carboxylic acids is 1. The second kappa shape index (κ2) is 3.29. The first-order valence-corrected chi connectivity index (χ1v) is 2.96. The topological polar surface area (TPSA) is 54.4 Å². The molecule has 0 aromatic carbocycles. The largest absolute Gasteiger partial charge is 0.477 e. The summed E-state index contributed by atoms with van der Waals surface area (Å²) in [6.45, 7) is 4.43. The third-order valence-electron chi connectivity index (χ3n) is 0.505. The summed E-state index contributed by atoms with van der Waals surface area (Å²) in [4.78, 5) is 20.0. The molecule has 0 heterocycles. The van der Waals surface area contributed by atoms with Gasteiger partial charge >= 0.3 is 5.97 Å². The SMILES string of the molecule is C=C(SC(C)=O)C(=O)O. The monoisotopic (exact) mass is 146 g/mol. The standard InChI is InChI=1S/C5H6O3S/c1-3(5(7)8)9-4(2)6/h1H2,2H3,(H,7,8). The van der Waals surface area contributed by atoms with Crippen molar-refractivity contribution in [3.05, 3.63) is 11.5 Å². The summed E-state index contributed by atoms with van der Waals surface area (Å²) in [5.41, 5.74) is 0. The Kier molecular flexibility index (Phi) is 3.01. The maximum absolute atomic E-state index is 10.2. The minimum absolute atomic E-state index is 0.137. The number of carbonyl (C=O) groups is 2. The summed E-state index contributed by atoms with van der Waals surface area (Å²) < 4.78 is 0. The molecule has 0 radical (unpaired) electrons. The third-order valence-corrected chi connectivity index (χ3v) is 1.21. The van der Waals surface area contributed by atoms with Crippen LogP contribution in [0.1, 0.15) is 6.92 Å². The summed E-state index contributed by atoms with van der Waals surface area (Å²) in [5.74, 6) is -1.14. The second-order valence-electron chi connectivity index (χ2n) is 1.32. The van der Waals surface area contributed by atoms with Crippen LogP contribution in [0.3, 0.4) is 0 Å². The molecule has 0 aromatic rings. The van der Waals surface area contributed by atoms with E-state index in [-0.39, 0.29) is 10.0 Å². The van der Waals surface area contributed by atoms with E-state index in [1.807, 2.05) is 0 Å². The molecule has 0 amide bonds. The Labute approximate surface area is 56.7 Å². The molecular formula is C5H6O3S. The van der Waals surface area contributed by atoms with Crippen LogP contribution in [0, 0.1) is 0 Å². The average Bonchev–Trinajstić information content (AvgIpc) is 1.63. The van der Waals surface area contributed by atoms with E-state index in [1.54, 1.807) is 0 Å². The van der Waals surface area contributed by atoms with Crippen LogP contribution in [0.2, 0.25) is 0 Å². The van der Waals surface area contributed by atoms with Gasteiger partial charge in [-0.05, 0) is 11.8 Å². The van der Waals surface area contributed by atoms with Gasteiger partial charge in [-0.15, -0.1) is 0 Å². The molecular weight excluding hydrogens is 140 g/mol. The van der Waals surface area contributed by atoms with Crippen LogP contribution in [0.25, 0.3) is 0 Å². The highest BCUT2D eigenvalue weighted by molar-refractivity contribution is 8.17. The van der Waals surface area contributed by atoms with Gasteiger partial charge in [0.2, 0.25) is 0 Å². The van der Waals surface area contributed by atoms with Crippen molar-refractivity contribution in [3.63, 3.8) is 0 Å². The lowest BCUT2D eigenvalue weighted by molar-refractivity contribution is -0.131. The van der Waals surface area contributed by atoms with Gasteiger partial charge in [-0.25, -0.2) is 4.79 Å². The highest BCUT2D eigenvalue weighted by Crippen LogP contribution is 2.12. The molecule has 9 heavy (non-hydrogen) atoms. The lowest BCUT2D eigenvalue weighted by Crippen LogP contribution is -1.96. The zero-order valence-electron chi connectivity index (χ0n) is 4.88. The maximum Gasteiger partial charge on any atom is 0.342 e. The number of carbonyl (C=O) groups excluding carboxylic acids is 1. The zero-order chi connectivity index (χ0) is 7.44. The molecule has 0 rings (SSSR count). The van der Waals surface area contributed by atoms with Crippen molar-refractivity contribution in [2.75, 3.05) is 0 Å². The normalized spacial score (nSPS) is 8.56. The smallest absolute Gasteiger partial charge is 0.342 e. The molecule has 0 spiro atoms. The number of thioether (sulfide) groups is 1. The fourth-order valence-electron chi connectivity index (χ4n) is 0.217. The summed E-state index contributed by atoms with van der Waals surface area (Å²) in [6.07, 6.45) is 0. The summed E-state index contributed by atoms with van der Waals surface area (Å²) in [5, 5.41) is 7.90. The molecule has 0 saturated carbocycles. The van der Waals surface area contributed by atoms with Gasteiger partial charge in [-0.2, -0.15) is 0 Å². The van der Waals surface area contributed by atoms with Crippen LogP contribution < -0.4 is 0 Å². The minimum Gasteiger partial charge on any atom is -0.477 e. The number of hydrogen-bond donors (Lipinski definition) is 1. The van der Waals surface area contributed by atoms with Crippen LogP contribution in [0.15, 0.2) is 11.5 Å². The van der Waals surface area contributed by atoms with E-state index in [9.17, 15) is 9.59 Å². The van der Waals surface area contributed by atoms with E-state index in [0.29, 0.717) is 11.8 Å². The van der Waals surface area contributed by atoms with Gasteiger partial charge in [0.25, 0.3) is 0 Å². The van der Waals surface area contributed by atoms with Crippen molar-refractivity contribution < 1.29 is 14.7 Å². The van der Waals surface area contributed by atoms with Crippen LogP contribution >= 0.6 is 11.8 Å². The van der Waals surface area contributed by atoms with Crippen LogP contribution in [-0.2, 0) is 9.59 Å². The van der Waals surface area contributed by atoms with Crippen molar-refractivity contribution >= 4 is 22.8 Å². The summed E-state index contributed by atoms with van der Waals surface area (Å²) in [7, 11) is 0. The van der Waals surface area contributed by atoms with Crippen LogP contribution in [0.5, 0.6) is 0 Å². The number of carboxylic acids is 1. The minimum atomic E-state index is -1.14. The first-order valence-electron chi connectivity index (χ1n) is 2.14. The number of rotatable bonds is 2. The Bertz CT molecular complexity index is 162. The van der Waals surface area contributed by atoms with E-state index in [1.165, 1.54) is 6.92 Å². The molecule has 0 aliphatic heterocycles. The van der Waals surface area contributed by atoms with Crippen LogP contribution in [0.4, 0.5) is 0 Å². The number of carboxylic acid groups (broad SMARTS) is 1. The fourth-order valence-corrected chi connectivity index (χ4v) is 0.651. The highest BCUT2D eigenvalue weighted by Gasteiger charge is 2.06. The molecule has 3 nitrogen and oxygen atoms in total. The predicted octanol–water partition coefficient (Wildman–Crippen LogP) is 0.864. The number of hydrogen-bond acceptors (Lipinski definition) is 3. The first kappa shape index (κ1) is 8.23. The predicted molar refractivity (Wildman–Crippen MR) is 35.0 cm³/mol. The van der Waals surface area contributed by atoms with E-state index >= 15 is 0 Å². The lowest BCUT2D eigenvalue weighted by atomic mass is 10.7. The molecule has 0 saturated heterocycles. The van der Waals surface area contributed by atoms with Gasteiger partial charge in [-0.3, -0.25) is 4.79 Å². The molecule has 0 bridgehead atoms. The summed E-state index contributed by atoms with van der Waals surface area (Å²) >= 11 is 0.630. The third kappa shape index (κ3) is 3.78. The van der Waals surface area contributed by atoms with Crippen molar-refractivity contribution in [3.8, 4) is 0 Å². The molecule has 0 aromatic heterocycles. The summed E-state index contributed by atoms with van der Waals surface area (Å²) in [6, 6.07) is 0. The molecule has 1 N–H and O–H groups in total. The molecule has 0 aliphatic rings. The molecule has 0 unspecified atom stereocenters. The Hall–Kier alpha value is -0.770. The van der Waals surface area contributed by atoms with Crippen molar-refractivity contribution in [2.24, 2.45) is 0 Å². The first-order chi connectivity index (χ1) is 4.04. The van der Waals surface area contributed by atoms with Crippen molar-refractivity contribution in [2.45, 2.75) is 6.92 Å². The molecule has 4 heteroatoms. The van der Waals surface area contributed by atoms with Gasteiger partial charge in [0.15, 0.2) is 5.12 Å². The fraction of sp³-hybridized carbons (Fsp3) is 0.200. The zero-order valence-corrected chi connectivity index (χ0v) is 5.70. The second-order valence-corrected chi connectivity index (χ2v) is 2.59. The van der Waals surface area contributed by atoms with Crippen molar-refractivity contribution in [1.82, 2.24) is 0 Å². The van der Waals surface area contributed by atoms with E-state index < -0.39 is 5.97 Å². The maximum atomic E-state index is 10.2. The Morgan fingerprint density at radius 1 is 1.56 bits per heavy atom. The Morgan fingerprint density at radius 3 is 2.11 bits per heavy atom. The Morgan fingerprint density at radius 2 is 2.00 bits per heavy atom. The van der Waals surface area contributed by atoms with E-state index in [0.717, 1.165) is 0 Å². The van der Waals surface area contributed by atoms with Gasteiger partial charge in [0.05, 0.1) is 4.91 Å². The van der Waals surface area contributed by atoms with E-state index in [2.05, 4.69) is 6.58 Å². The van der Waals surface area contributed by atoms with Gasteiger partial charge in [0, 0.05) is 6.92 Å². The quantitative estimate of drug-likeness (QED) is 0.587. The van der Waals surface area contributed by atoms with Gasteiger partial charge < -0.3 is 5.11 Å². The molecule has 0 fully saturated rings. The van der Waals surface area contributed by atoms with E-state index in [4.69, 9.17) is 5.11 Å². The lowest BCUT2D eigenvalue weighted by Gasteiger charge is -1.91.